The molecule has 0 aliphatic carbocycles. The summed E-state index contributed by atoms with van der Waals surface area (Å²) >= 11 is 0. The van der Waals surface area contributed by atoms with Gasteiger partial charge in [0.2, 0.25) is 5.88 Å². The van der Waals surface area contributed by atoms with E-state index in [-0.39, 0.29) is 6.61 Å². The number of hydrogen-bond donors (Lipinski definition) is 1. The molecule has 8 nitrogen and oxygen atoms in total. The Morgan fingerprint density at radius 1 is 0.627 bits per heavy atom. The summed E-state index contributed by atoms with van der Waals surface area (Å²) in [6.07, 6.45) is 2.55. The lowest BCUT2D eigenvalue weighted by Gasteiger charge is -2.26. The first-order valence-electron chi connectivity index (χ1n) is 21.0. The van der Waals surface area contributed by atoms with E-state index in [0.29, 0.717) is 18.0 Å². The quantitative estimate of drug-likeness (QED) is 0.0932. The summed E-state index contributed by atoms with van der Waals surface area (Å²) < 4.78 is 14.1. The molecular weight excluding hydrogens is 825 g/mol. The monoisotopic (exact) mass is 866 g/mol. The number of aryl methyl sites for hydroxylation is 1. The van der Waals surface area contributed by atoms with Crippen LogP contribution >= 0.6 is 0 Å². The number of nitrogens with zero attached hydrogens (tertiary/aromatic N) is 5. The van der Waals surface area contributed by atoms with Crippen LogP contribution in [0.1, 0.15) is 22.6 Å². The molecule has 0 bridgehead atoms. The Hall–Kier alpha value is -9.47. The van der Waals surface area contributed by atoms with E-state index in [9.17, 15) is 5.26 Å². The molecule has 0 spiro atoms. The van der Waals surface area contributed by atoms with Crippen molar-refractivity contribution >= 4 is 0 Å². The number of pyridine rings is 1. The Balaban J connectivity index is 0.000000324. The van der Waals surface area contributed by atoms with Crippen molar-refractivity contribution in [3.8, 4) is 34.3 Å². The van der Waals surface area contributed by atoms with E-state index in [1.165, 1.54) is 5.56 Å². The molecule has 1 N–H and O–H groups in total. The van der Waals surface area contributed by atoms with E-state index in [2.05, 4.69) is 190 Å². The molecule has 0 amide bonds. The predicted molar refractivity (Wildman–Crippen MR) is 257 cm³/mol. The van der Waals surface area contributed by atoms with Crippen molar-refractivity contribution in [2.75, 3.05) is 39.4 Å². The minimum Gasteiger partial charge on any atom is -0.469 e. The van der Waals surface area contributed by atoms with Gasteiger partial charge in [-0.25, -0.2) is 9.97 Å². The van der Waals surface area contributed by atoms with Crippen molar-refractivity contribution in [3.63, 3.8) is 0 Å². The highest BCUT2D eigenvalue weighted by Gasteiger charge is 2.21. The van der Waals surface area contributed by atoms with E-state index >= 15 is 0 Å². The van der Waals surface area contributed by atoms with Gasteiger partial charge in [-0.3, -0.25) is 4.90 Å². The standard InChI is InChI=1S/C37H38N6O2.C22H4/c38-26-33-32(30-12-6-2-7-13-30)16-18-40-37(33)45-28-35-41-36(31-14-8-3-9-15-31)34(27-39-19-21-42-22-24-44-25-23-42)43(35)20-17-29-10-4-1-5-11-29;1-3-5-7-9-11-13-15-17-19-21-22-20-18-16-14-12-10-8-6-4-2/h1-16,18,39H,17,19-25,27-28H2;1-2H2. The molecule has 0 radical (unpaired) electrons. The Kier molecular flexibility index (Phi) is 21.6. The van der Waals surface area contributed by atoms with Crippen molar-refractivity contribution in [2.24, 2.45) is 0 Å². The van der Waals surface area contributed by atoms with E-state index in [4.69, 9.17) is 14.5 Å². The molecule has 1 aliphatic heterocycles. The number of ether oxygens (including phenoxy) is 2. The first-order chi connectivity index (χ1) is 33.2. The van der Waals surface area contributed by atoms with Crippen LogP contribution in [0.25, 0.3) is 22.4 Å². The van der Waals surface area contributed by atoms with Gasteiger partial charge in [0.05, 0.1) is 24.6 Å². The number of nitrogens with one attached hydrogen (secondary N) is 1. The maximum absolute atomic E-state index is 10.1. The van der Waals surface area contributed by atoms with Crippen LogP contribution in [-0.2, 0) is 30.9 Å². The van der Waals surface area contributed by atoms with Gasteiger partial charge in [-0.15, -0.1) is 0 Å². The zero-order valence-electron chi connectivity index (χ0n) is 36.9. The zero-order chi connectivity index (χ0) is 46.8. The highest BCUT2D eigenvalue weighted by Crippen LogP contribution is 2.30. The molecule has 320 valence electrons. The van der Waals surface area contributed by atoms with E-state index in [0.717, 1.165) is 86.3 Å². The third-order valence-corrected chi connectivity index (χ3v) is 9.36. The van der Waals surface area contributed by atoms with Crippen molar-refractivity contribution in [3.05, 3.63) is 254 Å². The number of nitriles is 1. The van der Waals surface area contributed by atoms with E-state index in [1.54, 1.807) is 6.20 Å². The topological polar surface area (TPSA) is 88.2 Å². The van der Waals surface area contributed by atoms with Crippen molar-refractivity contribution in [1.82, 2.24) is 24.8 Å². The number of hydrogen-bond acceptors (Lipinski definition) is 7. The van der Waals surface area contributed by atoms with Crippen molar-refractivity contribution in [1.29, 1.82) is 5.26 Å². The SMILES string of the molecule is C=C=C=C=C=C=C=C=C=C=C=C=C=C=C=C=C=C=C=C=C=C.N#Cc1c(-c2ccccc2)ccnc1OCc1nc(-c2ccccc2)c(CNCCN2CCOCC2)n1CCc1ccccc1. The van der Waals surface area contributed by atoms with Crippen LogP contribution in [0.5, 0.6) is 5.88 Å². The number of imidazole rings is 1. The fraction of sp³-hybridized carbons (Fsp3) is 0.169. The molecule has 3 aromatic carbocycles. The lowest BCUT2D eigenvalue weighted by Crippen LogP contribution is -2.40. The normalized spacial score (nSPS) is 10.3. The molecule has 67 heavy (non-hydrogen) atoms. The molecule has 1 saturated heterocycles. The van der Waals surface area contributed by atoms with Crippen LogP contribution in [0.2, 0.25) is 0 Å². The first-order valence-corrected chi connectivity index (χ1v) is 21.0. The van der Waals surface area contributed by atoms with Gasteiger partial charge in [-0.1, -0.05) is 102 Å². The first kappa shape index (κ1) is 48.6. The smallest absolute Gasteiger partial charge is 0.232 e. The van der Waals surface area contributed by atoms with Gasteiger partial charge in [-0.05, 0) is 128 Å². The van der Waals surface area contributed by atoms with Gasteiger partial charge < -0.3 is 19.4 Å². The molecule has 6 rings (SSSR count). The van der Waals surface area contributed by atoms with Gasteiger partial charge >= 0.3 is 0 Å². The lowest BCUT2D eigenvalue weighted by molar-refractivity contribution is 0.0384. The van der Waals surface area contributed by atoms with E-state index in [1.807, 2.05) is 60.7 Å². The zero-order valence-corrected chi connectivity index (χ0v) is 36.9. The molecule has 1 aliphatic rings. The summed E-state index contributed by atoms with van der Waals surface area (Å²) in [7, 11) is 0. The molecule has 3 heterocycles. The fourth-order valence-corrected chi connectivity index (χ4v) is 6.31. The Morgan fingerprint density at radius 2 is 1.13 bits per heavy atom. The molecular formula is C59H42N6O2. The van der Waals surface area contributed by atoms with E-state index < -0.39 is 0 Å². The summed E-state index contributed by atoms with van der Waals surface area (Å²) in [6.45, 7) is 13.6. The summed E-state index contributed by atoms with van der Waals surface area (Å²) in [5, 5.41) is 13.8. The second-order valence-electron chi connectivity index (χ2n) is 13.6. The highest BCUT2D eigenvalue weighted by atomic mass is 16.5. The molecule has 5 aromatic rings. The molecule has 0 saturated carbocycles. The second-order valence-corrected chi connectivity index (χ2v) is 13.6. The van der Waals surface area contributed by atoms with Gasteiger partial charge in [0.25, 0.3) is 0 Å². The largest absolute Gasteiger partial charge is 0.469 e. The molecule has 0 unspecified atom stereocenters. The number of rotatable bonds is 13. The van der Waals surface area contributed by atoms with Crippen molar-refractivity contribution in [2.45, 2.75) is 26.1 Å². The fourth-order valence-electron chi connectivity index (χ4n) is 6.31. The molecule has 0 atom stereocenters. The molecule has 1 fully saturated rings. The Morgan fingerprint density at radius 3 is 1.66 bits per heavy atom. The third-order valence-electron chi connectivity index (χ3n) is 9.36. The maximum Gasteiger partial charge on any atom is 0.232 e. The number of morpholine rings is 1. The summed E-state index contributed by atoms with van der Waals surface area (Å²) in [5.74, 6) is 1.11. The van der Waals surface area contributed by atoms with Gasteiger partial charge in [-0.2, -0.15) is 5.26 Å². The minimum atomic E-state index is 0.183. The van der Waals surface area contributed by atoms with Crippen LogP contribution in [0.15, 0.2) is 231 Å². The van der Waals surface area contributed by atoms with Crippen LogP contribution in [0.4, 0.5) is 0 Å². The molecule has 8 heteroatoms. The summed E-state index contributed by atoms with van der Waals surface area (Å²) in [5.41, 5.74) is 55.9. The second kappa shape index (κ2) is 29.8. The van der Waals surface area contributed by atoms with Crippen LogP contribution in [0.3, 0.4) is 0 Å². The van der Waals surface area contributed by atoms with Crippen LogP contribution in [-0.4, -0.2) is 58.8 Å². The number of benzene rings is 3. The Bertz CT molecular complexity index is 3240. The maximum atomic E-state index is 10.1. The average Bonchev–Trinajstić information content (AvgIpc) is 3.73. The third kappa shape index (κ3) is 17.3. The van der Waals surface area contributed by atoms with Gasteiger partial charge in [0, 0.05) is 68.1 Å². The lowest BCUT2D eigenvalue weighted by atomic mass is 10.0. The highest BCUT2D eigenvalue weighted by molar-refractivity contribution is 5.72. The summed E-state index contributed by atoms with van der Waals surface area (Å²) in [4.78, 5) is 12.1. The van der Waals surface area contributed by atoms with Crippen LogP contribution in [0, 0.1) is 11.3 Å². The predicted octanol–water partition coefficient (Wildman–Crippen LogP) is 9.63. The summed E-state index contributed by atoms with van der Waals surface area (Å²) in [6, 6.07) is 34.9. The van der Waals surface area contributed by atoms with Crippen LogP contribution < -0.4 is 10.1 Å². The van der Waals surface area contributed by atoms with Crippen molar-refractivity contribution < 1.29 is 9.47 Å². The number of aromatic nitrogens is 3. The minimum absolute atomic E-state index is 0.183. The van der Waals surface area contributed by atoms with Gasteiger partial charge in [0.15, 0.2) is 0 Å². The molecule has 2 aromatic heterocycles. The average molecular weight is 867 g/mol. The van der Waals surface area contributed by atoms with Gasteiger partial charge in [0.1, 0.15) is 24.1 Å². The Labute approximate surface area is 391 Å².